The average Bonchev–Trinajstić information content (AvgIpc) is 3.66. The van der Waals surface area contributed by atoms with Crippen molar-refractivity contribution in [3.8, 4) is 39.9 Å². The molecule has 2 aromatic heterocycles. The summed E-state index contributed by atoms with van der Waals surface area (Å²) >= 11 is 7.52. The van der Waals surface area contributed by atoms with E-state index in [1.165, 1.54) is 30.1 Å². The van der Waals surface area contributed by atoms with Crippen LogP contribution in [0.5, 0.6) is 0 Å². The third-order valence-electron chi connectivity index (χ3n) is 6.94. The largest absolute Gasteiger partial charge is 0.436 e. The predicted octanol–water partition coefficient (Wildman–Crippen LogP) is 9.23. The lowest BCUT2D eigenvalue weighted by Crippen LogP contribution is -2.00. The fourth-order valence-electron chi connectivity index (χ4n) is 4.85. The first-order valence-corrected chi connectivity index (χ1v) is 15.0. The Balaban J connectivity index is 1.43. The van der Waals surface area contributed by atoms with Crippen molar-refractivity contribution in [2.45, 2.75) is 23.5 Å². The summed E-state index contributed by atoms with van der Waals surface area (Å²) in [6, 6.07) is 33.1. The van der Waals surface area contributed by atoms with Gasteiger partial charge < -0.3 is 8.98 Å². The molecule has 0 fully saturated rings. The molecule has 0 radical (unpaired) electrons. The van der Waals surface area contributed by atoms with E-state index >= 15 is 0 Å². The third-order valence-corrected chi connectivity index (χ3v) is 8.25. The van der Waals surface area contributed by atoms with Crippen molar-refractivity contribution >= 4 is 41.1 Å². The lowest BCUT2D eigenvalue weighted by Gasteiger charge is -2.09. The number of benzene rings is 4. The Hall–Kier alpha value is -5.50. The van der Waals surface area contributed by atoms with E-state index in [2.05, 4.69) is 21.3 Å². The molecule has 2 heterocycles. The van der Waals surface area contributed by atoms with Crippen LogP contribution in [0, 0.1) is 21.4 Å². The van der Waals surface area contributed by atoms with E-state index in [-0.39, 0.29) is 17.1 Å². The highest BCUT2D eigenvalue weighted by Gasteiger charge is 2.23. The third kappa shape index (κ3) is 6.13. The summed E-state index contributed by atoms with van der Waals surface area (Å²) in [5, 5.41) is 31.9. The van der Waals surface area contributed by atoms with Gasteiger partial charge in [-0.3, -0.25) is 10.1 Å². The molecule has 0 amide bonds. The van der Waals surface area contributed by atoms with Crippen LogP contribution in [0.1, 0.15) is 18.1 Å². The Morgan fingerprint density at radius 3 is 2.36 bits per heavy atom. The van der Waals surface area contributed by atoms with Crippen molar-refractivity contribution in [2.24, 2.45) is 4.99 Å². The van der Waals surface area contributed by atoms with Gasteiger partial charge in [-0.05, 0) is 42.4 Å². The van der Waals surface area contributed by atoms with Gasteiger partial charge in [0.2, 0.25) is 5.88 Å². The van der Waals surface area contributed by atoms with Gasteiger partial charge in [-0.25, -0.2) is 4.99 Å². The van der Waals surface area contributed by atoms with Gasteiger partial charge in [-0.15, -0.1) is 10.2 Å². The zero-order chi connectivity index (χ0) is 31.3. The smallest absolute Gasteiger partial charge is 0.270 e. The number of nitrogens with zero attached hydrogens (tertiary/aromatic N) is 6. The summed E-state index contributed by atoms with van der Waals surface area (Å²) < 4.78 is 8.18. The van der Waals surface area contributed by atoms with Crippen LogP contribution in [-0.2, 0) is 6.54 Å². The predicted molar refractivity (Wildman–Crippen MR) is 175 cm³/mol. The topological polar surface area (TPSA) is 123 Å². The second-order valence-electron chi connectivity index (χ2n) is 9.73. The van der Waals surface area contributed by atoms with Gasteiger partial charge in [-0.1, -0.05) is 84.4 Å². The van der Waals surface area contributed by atoms with Crippen molar-refractivity contribution in [2.75, 3.05) is 0 Å². The quantitative estimate of drug-likeness (QED) is 0.0886. The number of non-ortho nitro benzene ring substituents is 1. The zero-order valence-corrected chi connectivity index (χ0v) is 25.4. The van der Waals surface area contributed by atoms with Crippen LogP contribution in [0.25, 0.3) is 33.8 Å². The molecule has 6 aromatic rings. The molecular weight excluding hydrogens is 608 g/mol. The molecule has 6 rings (SSSR count). The van der Waals surface area contributed by atoms with Crippen molar-refractivity contribution in [1.82, 2.24) is 14.8 Å². The van der Waals surface area contributed by atoms with Gasteiger partial charge in [-0.2, -0.15) is 5.26 Å². The second-order valence-corrected chi connectivity index (χ2v) is 11.2. The van der Waals surface area contributed by atoms with E-state index in [0.29, 0.717) is 44.3 Å². The molecule has 0 N–H and O–H groups in total. The molecule has 0 saturated carbocycles. The normalized spacial score (nSPS) is 11.1. The monoisotopic (exact) mass is 630 g/mol. The first kappa shape index (κ1) is 29.6. The molecule has 0 atom stereocenters. The molecule has 0 aliphatic rings. The number of nitro groups is 1. The summed E-state index contributed by atoms with van der Waals surface area (Å²) in [7, 11) is 0. The fraction of sp³-hybridized carbons (Fsp3) is 0.0588. The zero-order valence-electron chi connectivity index (χ0n) is 23.8. The summed E-state index contributed by atoms with van der Waals surface area (Å²) in [5.74, 6) is 1.25. The van der Waals surface area contributed by atoms with Gasteiger partial charge in [0, 0.05) is 57.1 Å². The van der Waals surface area contributed by atoms with Crippen LogP contribution in [-0.4, -0.2) is 25.9 Å². The molecule has 220 valence electrons. The number of halogens is 1. The molecule has 11 heteroatoms. The van der Waals surface area contributed by atoms with Crippen LogP contribution in [0.3, 0.4) is 0 Å². The molecule has 0 bridgehead atoms. The standard InChI is InChI=1S/C34H23ClN6O3S/c1-2-40-32(24-14-9-15-26(35)18-24)38-39-34(40)45-29-17-16-27(41(42)43)19-25(29)21-37-33-28(20-36)30(22-10-5-3-6-11-22)31(44-33)23-12-7-4-8-13-23/h3-19,21H,2H2,1H3. The lowest BCUT2D eigenvalue weighted by molar-refractivity contribution is -0.384. The highest BCUT2D eigenvalue weighted by molar-refractivity contribution is 7.99. The van der Waals surface area contributed by atoms with Crippen molar-refractivity contribution in [3.63, 3.8) is 0 Å². The first-order chi connectivity index (χ1) is 22.0. The molecule has 0 unspecified atom stereocenters. The maximum atomic E-state index is 11.7. The number of aromatic nitrogens is 3. The average molecular weight is 631 g/mol. The Bertz CT molecular complexity index is 2080. The molecule has 9 nitrogen and oxygen atoms in total. The highest BCUT2D eigenvalue weighted by Crippen LogP contribution is 2.43. The molecule has 0 spiro atoms. The van der Waals surface area contributed by atoms with Crippen LogP contribution < -0.4 is 0 Å². The van der Waals surface area contributed by atoms with E-state index < -0.39 is 4.92 Å². The summed E-state index contributed by atoms with van der Waals surface area (Å²) in [4.78, 5) is 16.5. The Morgan fingerprint density at radius 2 is 1.69 bits per heavy atom. The highest BCUT2D eigenvalue weighted by atomic mass is 35.5. The second kappa shape index (κ2) is 13.0. The lowest BCUT2D eigenvalue weighted by atomic mass is 9.98. The van der Waals surface area contributed by atoms with Crippen LogP contribution >= 0.6 is 23.4 Å². The maximum absolute atomic E-state index is 11.7. The molecule has 0 aliphatic carbocycles. The van der Waals surface area contributed by atoms with E-state index in [0.717, 1.165) is 16.7 Å². The Kier molecular flexibility index (Phi) is 8.55. The van der Waals surface area contributed by atoms with Crippen LogP contribution in [0.2, 0.25) is 5.02 Å². The van der Waals surface area contributed by atoms with E-state index in [4.69, 9.17) is 16.0 Å². The fourth-order valence-corrected chi connectivity index (χ4v) is 6.01. The minimum absolute atomic E-state index is 0.0950. The Labute approximate surface area is 267 Å². The van der Waals surface area contributed by atoms with Gasteiger partial charge in [0.05, 0.1) is 4.92 Å². The number of hydrogen-bond acceptors (Lipinski definition) is 8. The minimum Gasteiger partial charge on any atom is -0.436 e. The summed E-state index contributed by atoms with van der Waals surface area (Å²) in [6.07, 6.45) is 1.48. The number of furan rings is 1. The number of hydrogen-bond donors (Lipinski definition) is 0. The van der Waals surface area contributed by atoms with Gasteiger partial charge in [0.25, 0.3) is 5.69 Å². The molecule has 4 aromatic carbocycles. The first-order valence-electron chi connectivity index (χ1n) is 13.8. The molecule has 0 aliphatic heterocycles. The van der Waals surface area contributed by atoms with Crippen LogP contribution in [0.4, 0.5) is 11.6 Å². The Morgan fingerprint density at radius 1 is 0.978 bits per heavy atom. The number of nitro benzene ring substituents is 1. The van der Waals surface area contributed by atoms with E-state index in [1.807, 2.05) is 90.4 Å². The van der Waals surface area contributed by atoms with E-state index in [9.17, 15) is 15.4 Å². The van der Waals surface area contributed by atoms with E-state index in [1.54, 1.807) is 12.1 Å². The van der Waals surface area contributed by atoms with Crippen molar-refractivity contribution in [1.29, 1.82) is 5.26 Å². The molecule has 0 saturated heterocycles. The molecular formula is C34H23ClN6O3S. The van der Waals surface area contributed by atoms with Crippen molar-refractivity contribution in [3.05, 3.63) is 129 Å². The summed E-state index contributed by atoms with van der Waals surface area (Å²) in [6.45, 7) is 2.56. The van der Waals surface area contributed by atoms with Crippen molar-refractivity contribution < 1.29 is 9.34 Å². The SMILES string of the molecule is CCn1c(Sc2ccc([N+](=O)[O-])cc2C=Nc2oc(-c3ccccc3)c(-c3ccccc3)c2C#N)nnc1-c1cccc(Cl)c1. The number of aliphatic imine (C=N–C) groups is 1. The number of rotatable bonds is 9. The minimum atomic E-state index is -0.466. The van der Waals surface area contributed by atoms with Gasteiger partial charge in [0.1, 0.15) is 17.4 Å². The van der Waals surface area contributed by atoms with Gasteiger partial charge in [0.15, 0.2) is 11.0 Å². The van der Waals surface area contributed by atoms with Gasteiger partial charge >= 0.3 is 0 Å². The number of nitriles is 1. The summed E-state index contributed by atoms with van der Waals surface area (Å²) in [5.41, 5.74) is 3.63. The maximum Gasteiger partial charge on any atom is 0.270 e. The molecule has 45 heavy (non-hydrogen) atoms. The van der Waals surface area contributed by atoms with Crippen LogP contribution in [0.15, 0.2) is 123 Å².